The lowest BCUT2D eigenvalue weighted by molar-refractivity contribution is 0.0746. The first-order valence-electron chi connectivity index (χ1n) is 7.48. The maximum Gasteiger partial charge on any atom is 0.253 e. The van der Waals surface area contributed by atoms with Gasteiger partial charge in [-0.1, -0.05) is 6.07 Å². The van der Waals surface area contributed by atoms with Gasteiger partial charge in [0.25, 0.3) is 5.91 Å². The van der Waals surface area contributed by atoms with Crippen molar-refractivity contribution in [1.29, 1.82) is 0 Å². The average Bonchev–Trinajstić information content (AvgIpc) is 2.61. The fourth-order valence-electron chi connectivity index (χ4n) is 2.63. The Morgan fingerprint density at radius 1 is 1.09 bits per heavy atom. The van der Waals surface area contributed by atoms with E-state index in [1.54, 1.807) is 48.4 Å². The van der Waals surface area contributed by atoms with Crippen LogP contribution in [0.1, 0.15) is 10.4 Å². The molecule has 0 spiro atoms. The topological polar surface area (TPSA) is 45.7 Å². The number of methoxy groups -OCH3 is 1. The lowest BCUT2D eigenvalue weighted by atomic mass is 10.1. The number of pyridine rings is 1. The zero-order chi connectivity index (χ0) is 16.2. The zero-order valence-corrected chi connectivity index (χ0v) is 12.9. The third kappa shape index (κ3) is 3.41. The Morgan fingerprint density at radius 3 is 2.39 bits per heavy atom. The number of anilines is 1. The molecule has 0 saturated carbocycles. The summed E-state index contributed by atoms with van der Waals surface area (Å²) in [7, 11) is 1.59. The van der Waals surface area contributed by atoms with Crippen LogP contribution >= 0.6 is 0 Å². The van der Waals surface area contributed by atoms with Gasteiger partial charge in [-0.15, -0.1) is 0 Å². The minimum absolute atomic E-state index is 0.000459. The fraction of sp³-hybridized carbons (Fsp3) is 0.294. The lowest BCUT2D eigenvalue weighted by Gasteiger charge is -2.35. The van der Waals surface area contributed by atoms with Crippen molar-refractivity contribution < 1.29 is 13.9 Å². The molecule has 2 aromatic rings. The van der Waals surface area contributed by atoms with E-state index in [0.29, 0.717) is 37.6 Å². The van der Waals surface area contributed by atoms with Crippen LogP contribution in [0.25, 0.3) is 0 Å². The molecule has 23 heavy (non-hydrogen) atoms. The summed E-state index contributed by atoms with van der Waals surface area (Å²) in [5.74, 6) is 0.851. The summed E-state index contributed by atoms with van der Waals surface area (Å²) < 4.78 is 18.3. The molecule has 1 aromatic heterocycles. The van der Waals surface area contributed by atoms with E-state index in [9.17, 15) is 9.18 Å². The summed E-state index contributed by atoms with van der Waals surface area (Å²) in [5, 5.41) is 0. The maximum absolute atomic E-state index is 13.2. The number of ether oxygens (including phenoxy) is 1. The van der Waals surface area contributed by atoms with Gasteiger partial charge in [0.05, 0.1) is 7.11 Å². The number of piperazine rings is 1. The number of halogens is 1. The smallest absolute Gasteiger partial charge is 0.253 e. The Bertz CT molecular complexity index is 682. The second-order valence-corrected chi connectivity index (χ2v) is 5.33. The number of hydrogen-bond acceptors (Lipinski definition) is 4. The zero-order valence-electron chi connectivity index (χ0n) is 12.9. The van der Waals surface area contributed by atoms with E-state index in [1.165, 1.54) is 6.07 Å². The molecule has 1 saturated heterocycles. The summed E-state index contributed by atoms with van der Waals surface area (Å²) in [6.45, 7) is 2.45. The van der Waals surface area contributed by atoms with Gasteiger partial charge in [-0.05, 0) is 36.4 Å². The highest BCUT2D eigenvalue weighted by molar-refractivity contribution is 5.94. The van der Waals surface area contributed by atoms with E-state index in [1.807, 2.05) is 4.90 Å². The molecule has 0 aliphatic carbocycles. The molecule has 1 amide bonds. The van der Waals surface area contributed by atoms with Crippen molar-refractivity contribution in [2.75, 3.05) is 38.2 Å². The highest BCUT2D eigenvalue weighted by atomic mass is 19.1. The van der Waals surface area contributed by atoms with Crippen LogP contribution in [0.5, 0.6) is 5.75 Å². The number of carbonyl (C=O) groups is 1. The molecule has 1 fully saturated rings. The second kappa shape index (κ2) is 6.64. The van der Waals surface area contributed by atoms with Crippen molar-refractivity contribution in [2.45, 2.75) is 0 Å². The van der Waals surface area contributed by atoms with Gasteiger partial charge in [0, 0.05) is 31.7 Å². The van der Waals surface area contributed by atoms with Gasteiger partial charge in [0.1, 0.15) is 11.6 Å². The fourth-order valence-corrected chi connectivity index (χ4v) is 2.63. The molecule has 2 heterocycles. The summed E-state index contributed by atoms with van der Waals surface area (Å²) in [6, 6.07) is 11.8. The molecule has 0 radical (unpaired) electrons. The van der Waals surface area contributed by atoms with Crippen molar-refractivity contribution in [2.24, 2.45) is 0 Å². The van der Waals surface area contributed by atoms with E-state index in [-0.39, 0.29) is 5.91 Å². The molecule has 0 unspecified atom stereocenters. The monoisotopic (exact) mass is 315 g/mol. The average molecular weight is 315 g/mol. The highest BCUT2D eigenvalue weighted by Gasteiger charge is 2.23. The number of rotatable bonds is 3. The van der Waals surface area contributed by atoms with Crippen LogP contribution in [-0.2, 0) is 0 Å². The van der Waals surface area contributed by atoms with Crippen LogP contribution in [0.4, 0.5) is 10.2 Å². The molecular formula is C17H18FN3O2. The van der Waals surface area contributed by atoms with E-state index in [4.69, 9.17) is 4.74 Å². The van der Waals surface area contributed by atoms with E-state index < -0.39 is 5.95 Å². The van der Waals surface area contributed by atoms with Gasteiger partial charge in [-0.3, -0.25) is 4.79 Å². The van der Waals surface area contributed by atoms with Gasteiger partial charge in [0.2, 0.25) is 5.95 Å². The third-order valence-corrected chi connectivity index (χ3v) is 3.93. The Morgan fingerprint density at radius 2 is 1.78 bits per heavy atom. The number of amides is 1. The van der Waals surface area contributed by atoms with Crippen LogP contribution in [-0.4, -0.2) is 49.1 Å². The Kier molecular flexibility index (Phi) is 4.41. The molecule has 3 rings (SSSR count). The van der Waals surface area contributed by atoms with Crippen molar-refractivity contribution in [3.05, 3.63) is 54.0 Å². The van der Waals surface area contributed by atoms with Crippen LogP contribution in [0.3, 0.4) is 0 Å². The van der Waals surface area contributed by atoms with Crippen molar-refractivity contribution in [3.63, 3.8) is 0 Å². The van der Waals surface area contributed by atoms with Crippen molar-refractivity contribution in [1.82, 2.24) is 9.88 Å². The summed E-state index contributed by atoms with van der Waals surface area (Å²) in [4.78, 5) is 20.2. The molecule has 1 aliphatic rings. The quantitative estimate of drug-likeness (QED) is 0.815. The highest BCUT2D eigenvalue weighted by Crippen LogP contribution is 2.17. The molecule has 0 N–H and O–H groups in total. The summed E-state index contributed by atoms with van der Waals surface area (Å²) in [6.07, 6.45) is 0. The van der Waals surface area contributed by atoms with Gasteiger partial charge in [0.15, 0.2) is 0 Å². The van der Waals surface area contributed by atoms with Crippen molar-refractivity contribution in [3.8, 4) is 5.75 Å². The number of nitrogens with zero attached hydrogens (tertiary/aromatic N) is 3. The first kappa shape index (κ1) is 15.3. The first-order chi connectivity index (χ1) is 11.2. The molecule has 5 nitrogen and oxygen atoms in total. The van der Waals surface area contributed by atoms with E-state index in [0.717, 1.165) is 5.75 Å². The third-order valence-electron chi connectivity index (χ3n) is 3.93. The maximum atomic E-state index is 13.2. The number of aromatic nitrogens is 1. The van der Waals surface area contributed by atoms with Gasteiger partial charge < -0.3 is 14.5 Å². The van der Waals surface area contributed by atoms with Crippen molar-refractivity contribution >= 4 is 11.7 Å². The van der Waals surface area contributed by atoms with Gasteiger partial charge in [-0.25, -0.2) is 4.98 Å². The molecule has 6 heteroatoms. The number of carbonyl (C=O) groups excluding carboxylic acids is 1. The minimum atomic E-state index is -0.487. The molecular weight excluding hydrogens is 297 g/mol. The first-order valence-corrected chi connectivity index (χ1v) is 7.48. The number of benzene rings is 1. The number of hydrogen-bond donors (Lipinski definition) is 0. The van der Waals surface area contributed by atoms with Crippen LogP contribution < -0.4 is 9.64 Å². The lowest BCUT2D eigenvalue weighted by Crippen LogP contribution is -2.49. The second-order valence-electron chi connectivity index (χ2n) is 5.33. The Hall–Kier alpha value is -2.63. The van der Waals surface area contributed by atoms with Gasteiger partial charge >= 0.3 is 0 Å². The van der Waals surface area contributed by atoms with E-state index >= 15 is 0 Å². The standard InChI is InChI=1S/C17H18FN3O2/c1-23-14-7-5-13(6-8-14)17(22)21-11-9-20(10-12-21)16-4-2-3-15(18)19-16/h2-8H,9-12H2,1H3. The normalized spacial score (nSPS) is 14.7. The summed E-state index contributed by atoms with van der Waals surface area (Å²) in [5.41, 5.74) is 0.642. The largest absolute Gasteiger partial charge is 0.497 e. The van der Waals surface area contributed by atoms with Crippen LogP contribution in [0.15, 0.2) is 42.5 Å². The summed E-state index contributed by atoms with van der Waals surface area (Å²) >= 11 is 0. The Balaban J connectivity index is 1.62. The predicted octanol–water partition coefficient (Wildman–Crippen LogP) is 2.19. The molecule has 120 valence electrons. The molecule has 1 aliphatic heterocycles. The molecule has 0 bridgehead atoms. The SMILES string of the molecule is COc1ccc(C(=O)N2CCN(c3cccc(F)n3)CC2)cc1. The van der Waals surface area contributed by atoms with E-state index in [2.05, 4.69) is 4.98 Å². The van der Waals surface area contributed by atoms with Crippen LogP contribution in [0, 0.1) is 5.95 Å². The molecule has 0 atom stereocenters. The predicted molar refractivity (Wildman–Crippen MR) is 85.3 cm³/mol. The van der Waals surface area contributed by atoms with Gasteiger partial charge in [-0.2, -0.15) is 4.39 Å². The van der Waals surface area contributed by atoms with Crippen LogP contribution in [0.2, 0.25) is 0 Å². The minimum Gasteiger partial charge on any atom is -0.497 e. The Labute approximate surface area is 134 Å². The molecule has 1 aromatic carbocycles.